The molecule has 1 rings (SSSR count). The van der Waals surface area contributed by atoms with E-state index in [9.17, 15) is 8.42 Å². The van der Waals surface area contributed by atoms with E-state index in [0.29, 0.717) is 0 Å². The minimum Gasteiger partial charge on any atom is -0.315 e. The van der Waals surface area contributed by atoms with Crippen LogP contribution in [0.4, 0.5) is 0 Å². The Bertz CT molecular complexity index is 218. The Morgan fingerprint density at radius 2 is 2.17 bits per heavy atom. The first-order chi connectivity index (χ1) is 5.58. The average molecular weight is 192 g/mol. The molecular formula is C7H16N2O2S. The van der Waals surface area contributed by atoms with Crippen molar-refractivity contribution in [2.45, 2.75) is 25.3 Å². The van der Waals surface area contributed by atoms with Crippen LogP contribution in [0.5, 0.6) is 0 Å². The molecule has 4 nitrogen and oxygen atoms in total. The zero-order valence-corrected chi connectivity index (χ0v) is 8.15. The Balaban J connectivity index is 2.40. The molecule has 2 N–H and O–H groups in total. The Morgan fingerprint density at radius 3 is 2.83 bits per heavy atom. The topological polar surface area (TPSA) is 58.2 Å². The third kappa shape index (κ3) is 4.04. The van der Waals surface area contributed by atoms with Crippen molar-refractivity contribution < 1.29 is 8.42 Å². The van der Waals surface area contributed by atoms with Gasteiger partial charge in [0, 0.05) is 12.6 Å². The van der Waals surface area contributed by atoms with Crippen LogP contribution in [0.1, 0.15) is 19.3 Å². The number of nitrogens with one attached hydrogen (secondary N) is 2. The second-order valence-corrected chi connectivity index (χ2v) is 5.07. The van der Waals surface area contributed by atoms with Gasteiger partial charge < -0.3 is 5.32 Å². The average Bonchev–Trinajstić information content (AvgIpc) is 2.12. The van der Waals surface area contributed by atoms with Crippen molar-refractivity contribution in [2.24, 2.45) is 0 Å². The van der Waals surface area contributed by atoms with Gasteiger partial charge in [-0.05, 0) is 19.4 Å². The summed E-state index contributed by atoms with van der Waals surface area (Å²) in [7, 11) is -3.03. The molecule has 1 saturated heterocycles. The van der Waals surface area contributed by atoms with Crippen molar-refractivity contribution in [3.05, 3.63) is 0 Å². The molecule has 0 spiro atoms. The highest BCUT2D eigenvalue weighted by atomic mass is 32.2. The summed E-state index contributed by atoms with van der Waals surface area (Å²) in [6, 6.07) is 0.0856. The molecule has 1 fully saturated rings. The van der Waals surface area contributed by atoms with E-state index in [1.807, 2.05) is 0 Å². The molecular weight excluding hydrogens is 176 g/mol. The Hall–Kier alpha value is -0.130. The fraction of sp³-hybridized carbons (Fsp3) is 1.00. The van der Waals surface area contributed by atoms with Crippen LogP contribution in [0.3, 0.4) is 0 Å². The minimum absolute atomic E-state index is 0.0856. The molecule has 1 unspecified atom stereocenters. The van der Waals surface area contributed by atoms with Crippen LogP contribution in [0.15, 0.2) is 0 Å². The molecule has 0 aromatic carbocycles. The van der Waals surface area contributed by atoms with E-state index in [2.05, 4.69) is 10.0 Å². The highest BCUT2D eigenvalue weighted by Crippen LogP contribution is 2.04. The molecule has 12 heavy (non-hydrogen) atoms. The quantitative estimate of drug-likeness (QED) is 0.630. The molecule has 0 aromatic rings. The monoisotopic (exact) mass is 192 g/mol. The van der Waals surface area contributed by atoms with Gasteiger partial charge in [0.25, 0.3) is 0 Å². The molecule has 72 valence electrons. The molecule has 1 heterocycles. The van der Waals surface area contributed by atoms with Crippen molar-refractivity contribution in [2.75, 3.05) is 19.3 Å². The van der Waals surface area contributed by atoms with Crippen molar-refractivity contribution in [3.63, 3.8) is 0 Å². The van der Waals surface area contributed by atoms with Gasteiger partial charge in [0.05, 0.1) is 6.26 Å². The summed E-state index contributed by atoms with van der Waals surface area (Å²) >= 11 is 0. The van der Waals surface area contributed by atoms with Gasteiger partial charge in [-0.2, -0.15) is 0 Å². The summed E-state index contributed by atoms with van der Waals surface area (Å²) < 4.78 is 24.4. The maximum atomic E-state index is 10.9. The lowest BCUT2D eigenvalue weighted by Gasteiger charge is -2.13. The van der Waals surface area contributed by atoms with E-state index in [1.165, 1.54) is 6.26 Å². The van der Waals surface area contributed by atoms with Crippen LogP contribution in [0.2, 0.25) is 0 Å². The fourth-order valence-corrected chi connectivity index (χ4v) is 2.23. The molecule has 0 aliphatic carbocycles. The van der Waals surface area contributed by atoms with Crippen LogP contribution in [-0.2, 0) is 10.0 Å². The van der Waals surface area contributed by atoms with Gasteiger partial charge in [-0.25, -0.2) is 13.1 Å². The van der Waals surface area contributed by atoms with E-state index in [0.717, 1.165) is 32.4 Å². The van der Waals surface area contributed by atoms with Crippen LogP contribution >= 0.6 is 0 Å². The van der Waals surface area contributed by atoms with E-state index in [4.69, 9.17) is 0 Å². The number of hydrogen-bond acceptors (Lipinski definition) is 3. The van der Waals surface area contributed by atoms with Gasteiger partial charge >= 0.3 is 0 Å². The Labute approximate surface area is 73.8 Å². The summed E-state index contributed by atoms with van der Waals surface area (Å²) in [4.78, 5) is 0. The van der Waals surface area contributed by atoms with E-state index >= 15 is 0 Å². The third-order valence-corrected chi connectivity index (χ3v) is 2.69. The molecule has 0 radical (unpaired) electrons. The second kappa shape index (κ2) is 4.20. The van der Waals surface area contributed by atoms with Crippen LogP contribution < -0.4 is 10.0 Å². The summed E-state index contributed by atoms with van der Waals surface area (Å²) in [5.74, 6) is 0. The van der Waals surface area contributed by atoms with Crippen LogP contribution in [-0.4, -0.2) is 33.8 Å². The van der Waals surface area contributed by atoms with Gasteiger partial charge in [-0.1, -0.05) is 6.42 Å². The minimum atomic E-state index is -3.03. The first-order valence-corrected chi connectivity index (χ1v) is 6.15. The van der Waals surface area contributed by atoms with E-state index in [-0.39, 0.29) is 6.04 Å². The maximum absolute atomic E-state index is 10.9. The van der Waals surface area contributed by atoms with Crippen molar-refractivity contribution in [1.82, 2.24) is 10.0 Å². The van der Waals surface area contributed by atoms with E-state index < -0.39 is 10.0 Å². The van der Waals surface area contributed by atoms with Gasteiger partial charge in [0.15, 0.2) is 0 Å². The maximum Gasteiger partial charge on any atom is 0.208 e. The lowest BCUT2D eigenvalue weighted by Crippen LogP contribution is -2.40. The molecule has 0 saturated carbocycles. The SMILES string of the molecule is CS(=O)(=O)NC1CCCCNC1. The summed E-state index contributed by atoms with van der Waals surface area (Å²) in [5.41, 5.74) is 0. The largest absolute Gasteiger partial charge is 0.315 e. The zero-order valence-electron chi connectivity index (χ0n) is 7.34. The molecule has 1 atom stereocenters. The van der Waals surface area contributed by atoms with Gasteiger partial charge in [0.1, 0.15) is 0 Å². The first-order valence-electron chi connectivity index (χ1n) is 4.26. The normalized spacial score (nSPS) is 26.6. The molecule has 0 bridgehead atoms. The van der Waals surface area contributed by atoms with Crippen molar-refractivity contribution >= 4 is 10.0 Å². The predicted octanol–water partition coefficient (Wildman–Crippen LogP) is -0.322. The molecule has 1 aliphatic rings. The van der Waals surface area contributed by atoms with Gasteiger partial charge in [-0.3, -0.25) is 0 Å². The van der Waals surface area contributed by atoms with Crippen molar-refractivity contribution in [1.29, 1.82) is 0 Å². The Kier molecular flexibility index (Phi) is 3.49. The molecule has 0 amide bonds. The van der Waals surface area contributed by atoms with Crippen LogP contribution in [0, 0.1) is 0 Å². The number of rotatable bonds is 2. The zero-order chi connectivity index (χ0) is 9.03. The smallest absolute Gasteiger partial charge is 0.208 e. The predicted molar refractivity (Wildman–Crippen MR) is 48.5 cm³/mol. The molecule has 5 heteroatoms. The van der Waals surface area contributed by atoms with Crippen LogP contribution in [0.25, 0.3) is 0 Å². The third-order valence-electron chi connectivity index (χ3n) is 1.93. The number of hydrogen-bond donors (Lipinski definition) is 2. The van der Waals surface area contributed by atoms with Crippen molar-refractivity contribution in [3.8, 4) is 0 Å². The number of sulfonamides is 1. The Morgan fingerprint density at radius 1 is 1.42 bits per heavy atom. The fourth-order valence-electron chi connectivity index (χ4n) is 1.42. The summed E-state index contributed by atoms with van der Waals surface area (Å²) in [5, 5.41) is 3.19. The summed E-state index contributed by atoms with van der Waals surface area (Å²) in [6.45, 7) is 1.76. The molecule has 1 aliphatic heterocycles. The van der Waals surface area contributed by atoms with Gasteiger partial charge in [0.2, 0.25) is 10.0 Å². The standard InChI is InChI=1S/C7H16N2O2S/c1-12(10,11)9-7-4-2-3-5-8-6-7/h7-9H,2-6H2,1H3. The lowest BCUT2D eigenvalue weighted by molar-refractivity contribution is 0.525. The highest BCUT2D eigenvalue weighted by Gasteiger charge is 2.14. The molecule has 0 aromatic heterocycles. The van der Waals surface area contributed by atoms with Gasteiger partial charge in [-0.15, -0.1) is 0 Å². The lowest BCUT2D eigenvalue weighted by atomic mass is 10.2. The van der Waals surface area contributed by atoms with E-state index in [1.54, 1.807) is 0 Å². The summed E-state index contributed by atoms with van der Waals surface area (Å²) in [6.07, 6.45) is 4.39. The first kappa shape index (κ1) is 9.95. The highest BCUT2D eigenvalue weighted by molar-refractivity contribution is 7.88. The second-order valence-electron chi connectivity index (χ2n) is 3.29.